The first-order valence-corrected chi connectivity index (χ1v) is 6.08. The van der Waals surface area contributed by atoms with Crippen molar-refractivity contribution in [3.05, 3.63) is 0 Å². The van der Waals surface area contributed by atoms with E-state index in [-0.39, 0.29) is 13.0 Å². The molecule has 1 rings (SSSR count). The van der Waals surface area contributed by atoms with Crippen LogP contribution in [0, 0.1) is 0 Å². The van der Waals surface area contributed by atoms with E-state index in [0.29, 0.717) is 13.1 Å². The Hall–Kier alpha value is -1.67. The van der Waals surface area contributed by atoms with Gasteiger partial charge < -0.3 is 20.1 Å². The van der Waals surface area contributed by atoms with Crippen molar-refractivity contribution in [2.24, 2.45) is 0 Å². The lowest BCUT2D eigenvalue weighted by Crippen LogP contribution is -2.66. The summed E-state index contributed by atoms with van der Waals surface area (Å²) in [6.45, 7) is 3.07. The summed E-state index contributed by atoms with van der Waals surface area (Å²) in [4.78, 5) is 34.3. The van der Waals surface area contributed by atoms with Gasteiger partial charge in [-0.05, 0) is 6.92 Å². The maximum absolute atomic E-state index is 11.6. The normalized spacial score (nSPS) is 22.4. The molecule has 1 aliphatic heterocycles. The van der Waals surface area contributed by atoms with E-state index >= 15 is 0 Å². The number of esters is 2. The van der Waals surface area contributed by atoms with Gasteiger partial charge in [0.1, 0.15) is 18.6 Å². The molecule has 19 heavy (non-hydrogen) atoms. The van der Waals surface area contributed by atoms with Crippen LogP contribution in [0.5, 0.6) is 0 Å². The number of nitrogens with one attached hydrogen (secondary N) is 3. The molecule has 0 bridgehead atoms. The third kappa shape index (κ3) is 4.84. The molecule has 0 aromatic heterocycles. The zero-order valence-electron chi connectivity index (χ0n) is 11.0. The maximum Gasteiger partial charge on any atom is 0.326 e. The van der Waals surface area contributed by atoms with E-state index in [1.54, 1.807) is 6.92 Å². The molecule has 0 spiro atoms. The molecule has 1 saturated heterocycles. The first-order chi connectivity index (χ1) is 9.08. The lowest BCUT2D eigenvalue weighted by atomic mass is 10.1. The van der Waals surface area contributed by atoms with Crippen molar-refractivity contribution in [1.29, 1.82) is 0 Å². The lowest BCUT2D eigenvalue weighted by Gasteiger charge is -2.32. The average molecular weight is 273 g/mol. The van der Waals surface area contributed by atoms with Crippen molar-refractivity contribution in [2.75, 3.05) is 26.8 Å². The number of rotatable bonds is 5. The van der Waals surface area contributed by atoms with Crippen LogP contribution in [0.2, 0.25) is 0 Å². The van der Waals surface area contributed by atoms with E-state index in [9.17, 15) is 14.4 Å². The molecule has 3 N–H and O–H groups in total. The van der Waals surface area contributed by atoms with E-state index in [2.05, 4.69) is 25.4 Å². The van der Waals surface area contributed by atoms with Crippen molar-refractivity contribution >= 4 is 17.8 Å². The molecule has 0 aliphatic carbocycles. The van der Waals surface area contributed by atoms with Gasteiger partial charge in [0.25, 0.3) is 0 Å². The molecular weight excluding hydrogens is 254 g/mol. The van der Waals surface area contributed by atoms with E-state index in [4.69, 9.17) is 0 Å². The van der Waals surface area contributed by atoms with Gasteiger partial charge in [0.2, 0.25) is 5.91 Å². The largest absolute Gasteiger partial charge is 0.468 e. The highest BCUT2D eigenvalue weighted by Gasteiger charge is 2.32. The summed E-state index contributed by atoms with van der Waals surface area (Å²) < 4.78 is 9.31. The van der Waals surface area contributed by atoms with Crippen molar-refractivity contribution in [3.63, 3.8) is 0 Å². The second-order valence-electron chi connectivity index (χ2n) is 3.94. The Morgan fingerprint density at radius 2 is 1.95 bits per heavy atom. The quantitative estimate of drug-likeness (QED) is 0.397. The molecule has 0 aromatic rings. The maximum atomic E-state index is 11.6. The molecule has 0 radical (unpaired) electrons. The minimum absolute atomic E-state index is 0.222. The molecule has 1 aliphatic rings. The smallest absolute Gasteiger partial charge is 0.326 e. The van der Waals surface area contributed by atoms with Crippen LogP contribution < -0.4 is 16.0 Å². The van der Waals surface area contributed by atoms with Crippen molar-refractivity contribution in [3.8, 4) is 0 Å². The van der Waals surface area contributed by atoms with Gasteiger partial charge in [0.05, 0.1) is 13.7 Å². The van der Waals surface area contributed by atoms with Gasteiger partial charge in [0.15, 0.2) is 0 Å². The third-order valence-corrected chi connectivity index (χ3v) is 2.57. The topological polar surface area (TPSA) is 106 Å². The first kappa shape index (κ1) is 15.4. The summed E-state index contributed by atoms with van der Waals surface area (Å²) in [6, 6.07) is -0.676. The predicted octanol–water partition coefficient (Wildman–Crippen LogP) is -1.88. The molecule has 0 aromatic carbocycles. The van der Waals surface area contributed by atoms with Gasteiger partial charge in [-0.2, -0.15) is 0 Å². The van der Waals surface area contributed by atoms with Crippen LogP contribution in [0.25, 0.3) is 0 Å². The van der Waals surface area contributed by atoms with Gasteiger partial charge in [-0.25, -0.2) is 0 Å². The first-order valence-electron chi connectivity index (χ1n) is 6.08. The Bertz CT molecular complexity index is 347. The van der Waals surface area contributed by atoms with Crippen molar-refractivity contribution in [1.82, 2.24) is 16.0 Å². The fraction of sp³-hybridized carbons (Fsp3) is 0.727. The molecule has 108 valence electrons. The zero-order valence-corrected chi connectivity index (χ0v) is 11.0. The number of carbonyl (C=O) groups is 3. The highest BCUT2D eigenvalue weighted by molar-refractivity contribution is 5.94. The SMILES string of the molecule is CCOC(=O)CC(=O)NC1NCCNC1C(=O)OC. The van der Waals surface area contributed by atoms with Crippen molar-refractivity contribution in [2.45, 2.75) is 25.6 Å². The van der Waals surface area contributed by atoms with Crippen LogP contribution in [0.3, 0.4) is 0 Å². The number of hydrogen-bond donors (Lipinski definition) is 3. The molecule has 2 atom stereocenters. The highest BCUT2D eigenvalue weighted by atomic mass is 16.5. The minimum Gasteiger partial charge on any atom is -0.468 e. The molecule has 0 saturated carbocycles. The third-order valence-electron chi connectivity index (χ3n) is 2.57. The Morgan fingerprint density at radius 1 is 1.26 bits per heavy atom. The van der Waals surface area contributed by atoms with Crippen LogP contribution >= 0.6 is 0 Å². The van der Waals surface area contributed by atoms with E-state index in [0.717, 1.165) is 0 Å². The minimum atomic E-state index is -0.676. The van der Waals surface area contributed by atoms with Crippen LogP contribution in [0.4, 0.5) is 0 Å². The Morgan fingerprint density at radius 3 is 2.58 bits per heavy atom. The average Bonchev–Trinajstić information content (AvgIpc) is 2.38. The molecule has 8 nitrogen and oxygen atoms in total. The predicted molar refractivity (Wildman–Crippen MR) is 65.0 cm³/mol. The summed E-state index contributed by atoms with van der Waals surface area (Å²) in [5.41, 5.74) is 0. The van der Waals surface area contributed by atoms with Gasteiger partial charge in [-0.1, -0.05) is 0 Å². The monoisotopic (exact) mass is 273 g/mol. The zero-order chi connectivity index (χ0) is 14.3. The summed E-state index contributed by atoms with van der Waals surface area (Å²) in [5.74, 6) is -1.58. The molecule has 1 amide bonds. The fourth-order valence-corrected chi connectivity index (χ4v) is 1.74. The molecule has 8 heteroatoms. The molecule has 1 fully saturated rings. The second kappa shape index (κ2) is 7.70. The van der Waals surface area contributed by atoms with Gasteiger partial charge in [0, 0.05) is 13.1 Å². The summed E-state index contributed by atoms with van der Waals surface area (Å²) in [5, 5.41) is 8.47. The number of carbonyl (C=O) groups excluding carboxylic acids is 3. The van der Waals surface area contributed by atoms with Crippen LogP contribution in [-0.2, 0) is 23.9 Å². The van der Waals surface area contributed by atoms with Gasteiger partial charge in [-0.15, -0.1) is 0 Å². The fourth-order valence-electron chi connectivity index (χ4n) is 1.74. The number of hydrogen-bond acceptors (Lipinski definition) is 7. The molecular formula is C11H19N3O5. The molecule has 2 unspecified atom stereocenters. The highest BCUT2D eigenvalue weighted by Crippen LogP contribution is 1.99. The Kier molecular flexibility index (Phi) is 6.23. The van der Waals surface area contributed by atoms with Crippen molar-refractivity contribution < 1.29 is 23.9 Å². The van der Waals surface area contributed by atoms with E-state index in [1.807, 2.05) is 0 Å². The van der Waals surface area contributed by atoms with Crippen LogP contribution in [0.15, 0.2) is 0 Å². The summed E-state index contributed by atoms with van der Waals surface area (Å²) in [7, 11) is 1.27. The number of methoxy groups -OCH3 is 1. The van der Waals surface area contributed by atoms with E-state index < -0.39 is 30.1 Å². The van der Waals surface area contributed by atoms with Crippen LogP contribution in [-0.4, -0.2) is 56.9 Å². The summed E-state index contributed by atoms with van der Waals surface area (Å²) in [6.07, 6.45) is -0.983. The van der Waals surface area contributed by atoms with Crippen LogP contribution in [0.1, 0.15) is 13.3 Å². The standard InChI is InChI=1S/C11H19N3O5/c1-3-19-8(16)6-7(15)14-10-9(11(17)18-2)12-4-5-13-10/h9-10,12-13H,3-6H2,1-2H3,(H,14,15). The Labute approximate surface area is 111 Å². The number of piperazine rings is 1. The van der Waals surface area contributed by atoms with Gasteiger partial charge >= 0.3 is 11.9 Å². The van der Waals surface area contributed by atoms with E-state index in [1.165, 1.54) is 7.11 Å². The molecule has 1 heterocycles. The number of amides is 1. The second-order valence-corrected chi connectivity index (χ2v) is 3.94. The summed E-state index contributed by atoms with van der Waals surface area (Å²) >= 11 is 0. The lowest BCUT2D eigenvalue weighted by molar-refractivity contribution is -0.146. The Balaban J connectivity index is 2.50. The number of ether oxygens (including phenoxy) is 2. The van der Waals surface area contributed by atoms with Gasteiger partial charge in [-0.3, -0.25) is 19.7 Å².